The highest BCUT2D eigenvalue weighted by molar-refractivity contribution is 5.67. The minimum absolute atomic E-state index is 0.106. The lowest BCUT2D eigenvalue weighted by atomic mass is 10.1. The molecule has 5 nitrogen and oxygen atoms in total. The van der Waals surface area contributed by atoms with Crippen LogP contribution < -0.4 is 11.3 Å². The van der Waals surface area contributed by atoms with Crippen molar-refractivity contribution in [2.45, 2.75) is 19.8 Å². The molecule has 1 atom stereocenters. The molecule has 0 spiro atoms. The minimum atomic E-state index is -0.355. The molecule has 0 saturated heterocycles. The van der Waals surface area contributed by atoms with Gasteiger partial charge in [-0.25, -0.2) is 0 Å². The van der Waals surface area contributed by atoms with E-state index in [4.69, 9.17) is 5.73 Å². The van der Waals surface area contributed by atoms with Crippen LogP contribution in [0.15, 0.2) is 29.1 Å². The van der Waals surface area contributed by atoms with Crippen molar-refractivity contribution >= 4 is 0 Å². The van der Waals surface area contributed by atoms with Gasteiger partial charge < -0.3 is 15.8 Å². The largest absolute Gasteiger partial charge is 0.493 e. The van der Waals surface area contributed by atoms with E-state index < -0.39 is 0 Å². The highest BCUT2D eigenvalue weighted by Gasteiger charge is 2.15. The van der Waals surface area contributed by atoms with Crippen LogP contribution in [0.3, 0.4) is 0 Å². The number of rotatable bonds is 3. The van der Waals surface area contributed by atoms with Crippen LogP contribution in [-0.2, 0) is 0 Å². The van der Waals surface area contributed by atoms with E-state index in [1.807, 2.05) is 26.0 Å². The number of aromatic nitrogens is 2. The molecule has 0 bridgehead atoms. The molecule has 0 aliphatic heterocycles. The Balaban J connectivity index is 2.54. The van der Waals surface area contributed by atoms with E-state index in [0.717, 1.165) is 5.56 Å². The van der Waals surface area contributed by atoms with Crippen molar-refractivity contribution in [1.82, 2.24) is 9.97 Å². The Morgan fingerprint density at radius 3 is 2.53 bits per heavy atom. The maximum atomic E-state index is 12.1. The van der Waals surface area contributed by atoms with E-state index in [1.54, 1.807) is 12.1 Å². The van der Waals surface area contributed by atoms with Crippen molar-refractivity contribution in [2.75, 3.05) is 6.54 Å². The third kappa shape index (κ3) is 2.66. The first-order valence-corrected chi connectivity index (χ1v) is 6.13. The van der Waals surface area contributed by atoms with Crippen molar-refractivity contribution in [3.8, 4) is 17.0 Å². The van der Waals surface area contributed by atoms with Crippen molar-refractivity contribution in [3.05, 3.63) is 46.0 Å². The van der Waals surface area contributed by atoms with Gasteiger partial charge in [-0.05, 0) is 12.5 Å². The first-order chi connectivity index (χ1) is 9.02. The van der Waals surface area contributed by atoms with Gasteiger partial charge in [0.25, 0.3) is 5.56 Å². The van der Waals surface area contributed by atoms with Gasteiger partial charge in [-0.1, -0.05) is 36.8 Å². The monoisotopic (exact) mass is 259 g/mol. The second-order valence-electron chi connectivity index (χ2n) is 4.65. The summed E-state index contributed by atoms with van der Waals surface area (Å²) in [5.74, 6) is 0.0365. The maximum absolute atomic E-state index is 12.1. The highest BCUT2D eigenvalue weighted by atomic mass is 16.3. The molecule has 5 heteroatoms. The number of nitrogens with one attached hydrogen (secondary N) is 1. The van der Waals surface area contributed by atoms with Gasteiger partial charge in [0, 0.05) is 12.5 Å². The topological polar surface area (TPSA) is 92.0 Å². The van der Waals surface area contributed by atoms with Gasteiger partial charge in [-0.3, -0.25) is 4.79 Å². The quantitative estimate of drug-likeness (QED) is 0.779. The van der Waals surface area contributed by atoms with Crippen LogP contribution in [0.1, 0.15) is 24.2 Å². The minimum Gasteiger partial charge on any atom is -0.493 e. The van der Waals surface area contributed by atoms with Gasteiger partial charge in [0.05, 0.1) is 0 Å². The van der Waals surface area contributed by atoms with Crippen molar-refractivity contribution in [1.29, 1.82) is 0 Å². The van der Waals surface area contributed by atoms with Gasteiger partial charge >= 0.3 is 0 Å². The zero-order chi connectivity index (χ0) is 14.0. The van der Waals surface area contributed by atoms with Gasteiger partial charge in [0.15, 0.2) is 0 Å². The van der Waals surface area contributed by atoms with Crippen LogP contribution in [0.2, 0.25) is 0 Å². The van der Waals surface area contributed by atoms with E-state index >= 15 is 0 Å². The maximum Gasteiger partial charge on any atom is 0.262 e. The Morgan fingerprint density at radius 2 is 2.00 bits per heavy atom. The van der Waals surface area contributed by atoms with Crippen LogP contribution in [0.25, 0.3) is 11.1 Å². The number of nitrogens with two attached hydrogens (primary N) is 1. The predicted octanol–water partition coefficient (Wildman–Crippen LogP) is 1.51. The molecular weight excluding hydrogens is 242 g/mol. The molecule has 19 heavy (non-hydrogen) atoms. The molecule has 0 aliphatic carbocycles. The lowest BCUT2D eigenvalue weighted by Crippen LogP contribution is -2.19. The van der Waals surface area contributed by atoms with Gasteiger partial charge in [-0.2, -0.15) is 4.98 Å². The van der Waals surface area contributed by atoms with E-state index in [-0.39, 0.29) is 22.9 Å². The van der Waals surface area contributed by atoms with Crippen molar-refractivity contribution in [2.24, 2.45) is 5.73 Å². The fraction of sp³-hybridized carbons (Fsp3) is 0.286. The van der Waals surface area contributed by atoms with Crippen LogP contribution in [0.4, 0.5) is 0 Å². The average Bonchev–Trinajstić information content (AvgIpc) is 2.39. The molecule has 1 heterocycles. The van der Waals surface area contributed by atoms with E-state index in [2.05, 4.69) is 9.97 Å². The normalized spacial score (nSPS) is 12.4. The lowest BCUT2D eigenvalue weighted by Gasteiger charge is -2.10. The molecule has 100 valence electrons. The molecule has 1 aromatic heterocycles. The molecule has 0 fully saturated rings. The molecule has 0 amide bonds. The van der Waals surface area contributed by atoms with Crippen LogP contribution in [0, 0.1) is 6.92 Å². The summed E-state index contributed by atoms with van der Waals surface area (Å²) < 4.78 is 0. The Labute approximate surface area is 111 Å². The van der Waals surface area contributed by atoms with E-state index in [0.29, 0.717) is 17.9 Å². The zero-order valence-corrected chi connectivity index (χ0v) is 11.0. The van der Waals surface area contributed by atoms with Crippen LogP contribution >= 0.6 is 0 Å². The fourth-order valence-electron chi connectivity index (χ4n) is 1.80. The molecule has 1 unspecified atom stereocenters. The SMILES string of the molecule is Cc1ccc(-c2c(O)nc(C(C)CN)[nH]c2=O)cc1. The van der Waals surface area contributed by atoms with Crippen molar-refractivity contribution in [3.63, 3.8) is 0 Å². The van der Waals surface area contributed by atoms with E-state index in [9.17, 15) is 9.90 Å². The van der Waals surface area contributed by atoms with Crippen LogP contribution in [-0.4, -0.2) is 21.6 Å². The zero-order valence-electron chi connectivity index (χ0n) is 11.0. The Bertz CT molecular complexity index is 632. The highest BCUT2D eigenvalue weighted by Crippen LogP contribution is 2.24. The summed E-state index contributed by atoms with van der Waals surface area (Å²) in [6.45, 7) is 4.15. The van der Waals surface area contributed by atoms with Gasteiger partial charge in [0.2, 0.25) is 5.88 Å². The second-order valence-corrected chi connectivity index (χ2v) is 4.65. The van der Waals surface area contributed by atoms with Crippen LogP contribution in [0.5, 0.6) is 5.88 Å². The predicted molar refractivity (Wildman–Crippen MR) is 74.2 cm³/mol. The lowest BCUT2D eigenvalue weighted by molar-refractivity contribution is 0.447. The summed E-state index contributed by atoms with van der Waals surface area (Å²) in [4.78, 5) is 18.8. The average molecular weight is 259 g/mol. The summed E-state index contributed by atoms with van der Waals surface area (Å²) in [5.41, 5.74) is 7.09. The summed E-state index contributed by atoms with van der Waals surface area (Å²) in [7, 11) is 0. The molecular formula is C14H17N3O2. The summed E-state index contributed by atoms with van der Waals surface area (Å²) in [5, 5.41) is 9.97. The number of aromatic hydroxyl groups is 1. The number of H-pyrrole nitrogens is 1. The molecule has 0 radical (unpaired) electrons. The van der Waals surface area contributed by atoms with Crippen molar-refractivity contribution < 1.29 is 5.11 Å². The third-order valence-corrected chi connectivity index (χ3v) is 3.08. The Kier molecular flexibility index (Phi) is 3.66. The molecule has 0 saturated carbocycles. The number of hydrogen-bond donors (Lipinski definition) is 3. The standard InChI is InChI=1S/C14H17N3O2/c1-8-3-5-10(6-4-8)11-13(18)16-12(9(2)7-15)17-14(11)19/h3-6,9H,7,15H2,1-2H3,(H2,16,17,18,19). The number of aromatic amines is 1. The number of hydrogen-bond acceptors (Lipinski definition) is 4. The van der Waals surface area contributed by atoms with Gasteiger partial charge in [0.1, 0.15) is 11.4 Å². The Hall–Kier alpha value is -2.14. The number of benzene rings is 1. The smallest absolute Gasteiger partial charge is 0.262 e. The molecule has 2 rings (SSSR count). The van der Waals surface area contributed by atoms with E-state index in [1.165, 1.54) is 0 Å². The third-order valence-electron chi connectivity index (χ3n) is 3.08. The number of nitrogens with zero attached hydrogens (tertiary/aromatic N) is 1. The Morgan fingerprint density at radius 1 is 1.37 bits per heavy atom. The fourth-order valence-corrected chi connectivity index (χ4v) is 1.80. The molecule has 4 N–H and O–H groups in total. The van der Waals surface area contributed by atoms with Gasteiger partial charge in [-0.15, -0.1) is 0 Å². The molecule has 0 aliphatic rings. The summed E-state index contributed by atoms with van der Waals surface area (Å²) in [6, 6.07) is 7.33. The summed E-state index contributed by atoms with van der Waals surface area (Å²) in [6.07, 6.45) is 0. The first-order valence-electron chi connectivity index (χ1n) is 6.13. The number of aryl methyl sites for hydroxylation is 1. The molecule has 1 aromatic carbocycles. The second kappa shape index (κ2) is 5.24. The first kappa shape index (κ1) is 13.3. The molecule has 2 aromatic rings. The summed E-state index contributed by atoms with van der Waals surface area (Å²) >= 11 is 0.